The fourth-order valence-electron chi connectivity index (χ4n) is 9.11. The van der Waals surface area contributed by atoms with Gasteiger partial charge in [-0.3, -0.25) is 9.59 Å². The average molecular weight is 1550 g/mol. The molecule has 0 spiro atoms. The number of nitrogens with zero attached hydrogens (tertiary/aromatic N) is 12. The first kappa shape index (κ1) is 61.4. The Balaban J connectivity index is 0.000000240. The minimum atomic E-state index is -0.0140. The first-order chi connectivity index (χ1) is 34.3. The molecule has 2 amide bonds. The van der Waals surface area contributed by atoms with E-state index in [2.05, 4.69) is 140 Å². The Morgan fingerprint density at radius 2 is 1.25 bits per heavy atom. The molecule has 5 aromatic rings. The summed E-state index contributed by atoms with van der Waals surface area (Å²) < 4.78 is 4.21. The third-order valence-corrected chi connectivity index (χ3v) is 12.5. The number of halogens is 5. The van der Waals surface area contributed by atoms with Crippen molar-refractivity contribution in [3.63, 3.8) is 0 Å². The van der Waals surface area contributed by atoms with E-state index in [1.807, 2.05) is 37.4 Å². The molecule has 72 heavy (non-hydrogen) atoms. The van der Waals surface area contributed by atoms with Gasteiger partial charge in [0, 0.05) is 147 Å². The van der Waals surface area contributed by atoms with Crippen LogP contribution in [0.15, 0.2) is 60.0 Å². The summed E-state index contributed by atoms with van der Waals surface area (Å²) in [5.74, 6) is 1.74. The van der Waals surface area contributed by atoms with Crippen LogP contribution < -0.4 is 50.5 Å². The molecule has 4 aliphatic rings. The zero-order valence-corrected chi connectivity index (χ0v) is 51.7. The number of guanidine groups is 1. The first-order valence-corrected chi connectivity index (χ1v) is 42.3. The minimum Gasteiger partial charge on any atom is -0.370 e. The summed E-state index contributed by atoms with van der Waals surface area (Å²) >= 11 is 9.54. The molecule has 0 radical (unpaired) electrons. The quantitative estimate of drug-likeness (QED) is 0.0460. The van der Waals surface area contributed by atoms with Gasteiger partial charge in [-0.05, 0) is 69.0 Å². The molecule has 2 saturated carbocycles. The van der Waals surface area contributed by atoms with E-state index in [4.69, 9.17) is 23.0 Å². The second kappa shape index (κ2) is 31.7. The van der Waals surface area contributed by atoms with Crippen molar-refractivity contribution in [2.75, 3.05) is 95.7 Å². The monoisotopic (exact) mass is 1550 g/mol. The van der Waals surface area contributed by atoms with Crippen LogP contribution in [0.4, 0.5) is 34.6 Å². The number of hydrogen-bond donors (Lipinski definition) is 5. The topological polar surface area (TPSA) is 213 Å². The van der Waals surface area contributed by atoms with Crippen molar-refractivity contribution in [1.29, 1.82) is 0 Å². The number of aliphatic imine (C=N–C) groups is 1. The molecule has 0 atom stereocenters. The van der Waals surface area contributed by atoms with Gasteiger partial charge in [0.15, 0.2) is 11.8 Å². The van der Waals surface area contributed by atoms with Crippen molar-refractivity contribution < 1.29 is 22.8 Å². The number of hydrogen-bond acceptors (Lipinski definition) is 12. The molecule has 394 valence electrons. The minimum absolute atomic E-state index is 0. The fourth-order valence-corrected chi connectivity index (χ4v) is 9.11. The number of nitrogens with two attached hydrogens (primary N) is 2. The van der Waals surface area contributed by atoms with Crippen LogP contribution in [0.25, 0.3) is 15.9 Å². The normalized spacial score (nSPS) is 15.4. The number of anilines is 4. The fraction of sp³-hybridized carbons (Fsp3) is 0.500. The summed E-state index contributed by atoms with van der Waals surface area (Å²) in [5.41, 5.74) is 16.5. The van der Waals surface area contributed by atoms with Crippen LogP contribution in [0, 0.1) is 13.5 Å². The second-order valence-corrected chi connectivity index (χ2v) is 33.8. The van der Waals surface area contributed by atoms with E-state index in [0.29, 0.717) is 60.0 Å². The molecule has 4 fully saturated rings. The largest absolute Gasteiger partial charge is 0.370 e. The molecule has 2 aliphatic carbocycles. The molecular formula is C48H69I5N17O2-. The van der Waals surface area contributed by atoms with Gasteiger partial charge in [0.25, 0.3) is 11.8 Å². The molecule has 24 heteroatoms. The van der Waals surface area contributed by atoms with Gasteiger partial charge >= 0.3 is 50.5 Å². The van der Waals surface area contributed by atoms with E-state index in [1.165, 1.54) is 25.7 Å². The van der Waals surface area contributed by atoms with Crippen LogP contribution in [-0.4, -0.2) is 137 Å². The summed E-state index contributed by atoms with van der Waals surface area (Å²) in [6, 6.07) is 12.2. The van der Waals surface area contributed by atoms with Gasteiger partial charge in [-0.2, -0.15) is 9.98 Å². The zero-order chi connectivity index (χ0) is 51.5. The average Bonchev–Trinajstić information content (AvgIpc) is 4.23. The standard InChI is InChI=1S/C23H30N8O.C14H19N3O.C10H16N6.CH4.I3.I2/c1-29(2)22(32)19-13-16-14-26-23(28-21(16)31(19)17-5-3-4-6-17)27-20-8-7-18(15-25-20)30-11-9-24-10-12-30;1-10-12(15-2)9-13(14(18)16(3)4)17(10)11-7-5-6-8-11;11-10(12)15-9-2-1-8(7-14-9)16-5-3-13-4-6-16;;1-3-2;1-2/h7-8,13-15,17,24H,3-6,9-12H2,1-2H3,(H,25,26,27,28);9,11H,5-8H2,1,3-4H3;1-2,7,13H,3-6H2,(H4,11,12,14,15);1H4;;/q;;;;-1;. The third-order valence-electron chi connectivity index (χ3n) is 12.5. The second-order valence-electron chi connectivity index (χ2n) is 17.6. The van der Waals surface area contributed by atoms with Crippen LogP contribution in [0.5, 0.6) is 0 Å². The van der Waals surface area contributed by atoms with Crippen LogP contribution in [0.3, 0.4) is 0 Å². The van der Waals surface area contributed by atoms with Gasteiger partial charge in [-0.15, -0.1) is 0 Å². The molecule has 0 unspecified atom stereocenters. The Morgan fingerprint density at radius 1 is 0.764 bits per heavy atom. The number of amides is 2. The molecule has 0 aromatic carbocycles. The molecule has 9 rings (SSSR count). The predicted octanol–water partition coefficient (Wildman–Crippen LogP) is 6.54. The van der Waals surface area contributed by atoms with Gasteiger partial charge in [-0.1, -0.05) is 33.1 Å². The Morgan fingerprint density at radius 3 is 1.69 bits per heavy atom. The number of fused-ring (bicyclic) bond motifs is 1. The van der Waals surface area contributed by atoms with Gasteiger partial charge in [0.1, 0.15) is 17.2 Å². The smallest absolute Gasteiger partial charge is 0.268 e. The molecule has 5 aromatic heterocycles. The summed E-state index contributed by atoms with van der Waals surface area (Å²) in [6.07, 6.45) is 14.6. The predicted molar refractivity (Wildman–Crippen MR) is 324 cm³/mol. The van der Waals surface area contributed by atoms with Crippen molar-refractivity contribution in [2.45, 2.75) is 77.8 Å². The number of aromatic nitrogens is 6. The van der Waals surface area contributed by atoms with E-state index in [-0.39, 0.29) is 25.2 Å². The summed E-state index contributed by atoms with van der Waals surface area (Å²) in [5, 5.41) is 10.8. The number of pyridine rings is 2. The van der Waals surface area contributed by atoms with Gasteiger partial charge in [-0.25, -0.2) is 19.8 Å². The van der Waals surface area contributed by atoms with Gasteiger partial charge in [0.2, 0.25) is 11.6 Å². The molecule has 0 bridgehead atoms. The Hall–Kier alpha value is -3.13. The summed E-state index contributed by atoms with van der Waals surface area (Å²) in [6.45, 7) is 17.1. The SMILES string of the molecule is C.CN(C)C(=O)c1cc2cnc(Nc3ccc(N4CCNCC4)cn3)nc2n1C1CCCC1.II.I[I-]I.NC(N)=Nc1ccc(N2CCNCC2)cn1.[C-]#[N+]c1cc(C(=O)N(C)C)n(C2CCCC2)c1C. The van der Waals surface area contributed by atoms with Crippen molar-refractivity contribution in [3.8, 4) is 0 Å². The Bertz CT molecular complexity index is 2520. The van der Waals surface area contributed by atoms with E-state index < -0.39 is 0 Å². The van der Waals surface area contributed by atoms with Crippen LogP contribution in [-0.2, 0) is 0 Å². The maximum atomic E-state index is 12.9. The molecule has 7 N–H and O–H groups in total. The van der Waals surface area contributed by atoms with Crippen molar-refractivity contribution in [3.05, 3.63) is 83.5 Å². The maximum Gasteiger partial charge on any atom is 0.268 e. The summed E-state index contributed by atoms with van der Waals surface area (Å²) in [4.78, 5) is 58.3. The van der Waals surface area contributed by atoms with Crippen LogP contribution in [0.2, 0.25) is 0 Å². The van der Waals surface area contributed by atoms with E-state index in [0.717, 1.165) is 106 Å². The van der Waals surface area contributed by atoms with Gasteiger partial charge in [0.05, 0.1) is 36.0 Å². The first-order valence-electron chi connectivity index (χ1n) is 23.4. The van der Waals surface area contributed by atoms with E-state index in [9.17, 15) is 9.59 Å². The number of rotatable bonds is 9. The number of carbonyl (C=O) groups is 2. The van der Waals surface area contributed by atoms with Crippen molar-refractivity contribution in [1.82, 2.24) is 49.5 Å². The Kier molecular flexibility index (Phi) is 27.0. The number of carbonyl (C=O) groups excluding carboxylic acids is 2. The van der Waals surface area contributed by atoms with E-state index in [1.54, 1.807) is 56.5 Å². The molecule has 2 aliphatic heterocycles. The van der Waals surface area contributed by atoms with E-state index >= 15 is 0 Å². The van der Waals surface area contributed by atoms with Crippen molar-refractivity contribution >= 4 is 138 Å². The van der Waals surface area contributed by atoms with Crippen molar-refractivity contribution in [2.24, 2.45) is 16.5 Å². The Labute approximate surface area is 478 Å². The molecule has 7 heterocycles. The molecule has 2 saturated heterocycles. The summed E-state index contributed by atoms with van der Waals surface area (Å²) in [7, 11) is 7.07. The zero-order valence-electron chi connectivity index (χ0n) is 40.9. The van der Waals surface area contributed by atoms with Gasteiger partial charge < -0.3 is 56.2 Å². The maximum absolute atomic E-state index is 12.9. The molecule has 19 nitrogen and oxygen atoms in total. The van der Waals surface area contributed by atoms with Crippen LogP contribution >= 0.6 is 74.5 Å². The third kappa shape index (κ3) is 17.2. The molecular weight excluding hydrogens is 1480 g/mol. The number of nitrogens with one attached hydrogen (secondary N) is 3. The number of piperazine rings is 2. The van der Waals surface area contributed by atoms with Crippen LogP contribution in [0.1, 0.15) is 97.5 Å².